The van der Waals surface area contributed by atoms with Crippen LogP contribution in [0.3, 0.4) is 0 Å². The minimum absolute atomic E-state index is 0.410. The molecule has 4 nitrogen and oxygen atoms in total. The van der Waals surface area contributed by atoms with Gasteiger partial charge in [0.15, 0.2) is 0 Å². The predicted octanol–water partition coefficient (Wildman–Crippen LogP) is 1.24. The smallest absolute Gasteiger partial charge is 0.0727 e. The molecule has 1 aromatic heterocycles. The Kier molecular flexibility index (Phi) is 2.84. The van der Waals surface area contributed by atoms with Crippen LogP contribution < -0.4 is 5.73 Å². The van der Waals surface area contributed by atoms with Crippen molar-refractivity contribution in [2.24, 2.45) is 5.73 Å². The Bertz CT molecular complexity index is 375. The monoisotopic (exact) mass is 232 g/mol. The van der Waals surface area contributed by atoms with Gasteiger partial charge in [-0.05, 0) is 32.6 Å². The maximum absolute atomic E-state index is 6.08. The number of nitrogens with zero attached hydrogens (tertiary/aromatic N) is 3. The maximum Gasteiger partial charge on any atom is 0.0727 e. The minimum atomic E-state index is 0.410. The van der Waals surface area contributed by atoms with E-state index in [1.54, 1.807) is 0 Å². The maximum atomic E-state index is 6.08. The Morgan fingerprint density at radius 2 is 1.94 bits per heavy atom. The molecule has 0 aliphatic carbocycles. The van der Waals surface area contributed by atoms with E-state index < -0.39 is 0 Å². The van der Waals surface area contributed by atoms with Gasteiger partial charge in [0.05, 0.1) is 11.4 Å². The summed E-state index contributed by atoms with van der Waals surface area (Å²) in [5.74, 6) is 0. The topological polar surface area (TPSA) is 55.0 Å². The summed E-state index contributed by atoms with van der Waals surface area (Å²) in [4.78, 5) is 11.4. The minimum Gasteiger partial charge on any atom is -0.328 e. The number of aromatic nitrogens is 2. The van der Waals surface area contributed by atoms with Gasteiger partial charge in [-0.25, -0.2) is 0 Å². The molecule has 0 radical (unpaired) electrons. The highest BCUT2D eigenvalue weighted by Crippen LogP contribution is 2.35. The van der Waals surface area contributed by atoms with Crippen molar-refractivity contribution in [1.82, 2.24) is 14.9 Å². The normalized spacial score (nSPS) is 32.9. The summed E-state index contributed by atoms with van der Waals surface area (Å²) in [5, 5.41) is 0. The summed E-state index contributed by atoms with van der Waals surface area (Å²) in [7, 11) is 0. The third-order valence-corrected chi connectivity index (χ3v) is 4.10. The van der Waals surface area contributed by atoms with E-state index in [1.165, 1.54) is 12.8 Å². The highest BCUT2D eigenvalue weighted by Gasteiger charge is 2.39. The van der Waals surface area contributed by atoms with Gasteiger partial charge in [-0.3, -0.25) is 14.9 Å². The van der Waals surface area contributed by atoms with E-state index in [1.807, 2.05) is 19.3 Å². The van der Waals surface area contributed by atoms with Gasteiger partial charge in [-0.15, -0.1) is 0 Å². The molecule has 3 heterocycles. The predicted molar refractivity (Wildman–Crippen MR) is 66.3 cm³/mol. The van der Waals surface area contributed by atoms with Crippen LogP contribution in [0, 0.1) is 6.92 Å². The zero-order valence-electron chi connectivity index (χ0n) is 10.3. The van der Waals surface area contributed by atoms with Gasteiger partial charge in [-0.2, -0.15) is 0 Å². The van der Waals surface area contributed by atoms with Crippen LogP contribution in [0.25, 0.3) is 0 Å². The van der Waals surface area contributed by atoms with E-state index in [0.717, 1.165) is 30.8 Å². The van der Waals surface area contributed by atoms with Crippen molar-refractivity contribution in [1.29, 1.82) is 0 Å². The number of nitrogens with two attached hydrogens (primary N) is 1. The second-order valence-electron chi connectivity index (χ2n) is 5.44. The molecular formula is C13H20N4. The summed E-state index contributed by atoms with van der Waals surface area (Å²) in [6.45, 7) is 2.91. The molecule has 2 atom stereocenters. The van der Waals surface area contributed by atoms with Gasteiger partial charge in [0.1, 0.15) is 0 Å². The standard InChI is InChI=1S/C13H20N4/c1-9-6-16-11(7-15-9)8-17-12-2-3-13(17)5-10(14)4-12/h6-7,10,12-13H,2-5,8,14H2,1H3. The zero-order valence-corrected chi connectivity index (χ0v) is 10.3. The molecule has 1 aromatic rings. The fourth-order valence-electron chi connectivity index (χ4n) is 3.26. The fourth-order valence-corrected chi connectivity index (χ4v) is 3.26. The highest BCUT2D eigenvalue weighted by atomic mass is 15.2. The van der Waals surface area contributed by atoms with Crippen molar-refractivity contribution in [3.8, 4) is 0 Å². The lowest BCUT2D eigenvalue weighted by Crippen LogP contribution is -2.46. The first kappa shape index (κ1) is 11.1. The Morgan fingerprint density at radius 3 is 2.53 bits per heavy atom. The molecule has 17 heavy (non-hydrogen) atoms. The summed E-state index contributed by atoms with van der Waals surface area (Å²) in [6, 6.07) is 1.76. The van der Waals surface area contributed by atoms with Crippen LogP contribution in [0.4, 0.5) is 0 Å². The van der Waals surface area contributed by atoms with E-state index in [4.69, 9.17) is 5.73 Å². The second-order valence-corrected chi connectivity index (χ2v) is 5.44. The van der Waals surface area contributed by atoms with Crippen LogP contribution in [0.1, 0.15) is 37.1 Å². The first-order valence-corrected chi connectivity index (χ1v) is 6.51. The molecule has 2 fully saturated rings. The first-order chi connectivity index (χ1) is 8.22. The first-order valence-electron chi connectivity index (χ1n) is 6.51. The third kappa shape index (κ3) is 2.19. The largest absolute Gasteiger partial charge is 0.328 e. The Morgan fingerprint density at radius 1 is 1.24 bits per heavy atom. The van der Waals surface area contributed by atoms with Crippen LogP contribution in [0.5, 0.6) is 0 Å². The fraction of sp³-hybridized carbons (Fsp3) is 0.692. The lowest BCUT2D eigenvalue weighted by Gasteiger charge is -2.37. The van der Waals surface area contributed by atoms with E-state index in [9.17, 15) is 0 Å². The molecular weight excluding hydrogens is 212 g/mol. The van der Waals surface area contributed by atoms with Gasteiger partial charge in [0.2, 0.25) is 0 Å². The molecule has 3 rings (SSSR count). The molecule has 0 saturated carbocycles. The molecule has 0 amide bonds. The Hall–Kier alpha value is -1.00. The van der Waals surface area contributed by atoms with Crippen LogP contribution in [-0.2, 0) is 6.54 Å². The van der Waals surface area contributed by atoms with Crippen molar-refractivity contribution in [2.45, 2.75) is 57.3 Å². The number of hydrogen-bond acceptors (Lipinski definition) is 4. The molecule has 2 N–H and O–H groups in total. The van der Waals surface area contributed by atoms with Crippen LogP contribution >= 0.6 is 0 Å². The number of rotatable bonds is 2. The molecule has 92 valence electrons. The van der Waals surface area contributed by atoms with Gasteiger partial charge in [0.25, 0.3) is 0 Å². The van der Waals surface area contributed by atoms with Crippen LogP contribution in [-0.4, -0.2) is 33.0 Å². The molecule has 2 aliphatic rings. The second kappa shape index (κ2) is 4.35. The van der Waals surface area contributed by atoms with Crippen molar-refractivity contribution in [3.05, 3.63) is 23.8 Å². The summed E-state index contributed by atoms with van der Waals surface area (Å²) in [5.41, 5.74) is 8.15. The van der Waals surface area contributed by atoms with E-state index in [0.29, 0.717) is 18.1 Å². The molecule has 0 aromatic carbocycles. The molecule has 4 heteroatoms. The molecule has 2 aliphatic heterocycles. The summed E-state index contributed by atoms with van der Waals surface area (Å²) in [6.07, 6.45) is 8.66. The van der Waals surface area contributed by atoms with Gasteiger partial charge < -0.3 is 5.73 Å². The number of hydrogen-bond donors (Lipinski definition) is 1. The van der Waals surface area contributed by atoms with E-state index in [-0.39, 0.29) is 0 Å². The van der Waals surface area contributed by atoms with E-state index in [2.05, 4.69) is 14.9 Å². The number of aryl methyl sites for hydroxylation is 1. The lowest BCUT2D eigenvalue weighted by atomic mass is 9.98. The Balaban J connectivity index is 1.72. The Labute approximate surface area is 102 Å². The SMILES string of the molecule is Cc1cnc(CN2C3CCC2CC(N)C3)cn1. The summed E-state index contributed by atoms with van der Waals surface area (Å²) >= 11 is 0. The summed E-state index contributed by atoms with van der Waals surface area (Å²) < 4.78 is 0. The van der Waals surface area contributed by atoms with Gasteiger partial charge >= 0.3 is 0 Å². The van der Waals surface area contributed by atoms with Gasteiger partial charge in [0, 0.05) is 37.1 Å². The average Bonchev–Trinajstić information content (AvgIpc) is 2.56. The average molecular weight is 232 g/mol. The van der Waals surface area contributed by atoms with E-state index >= 15 is 0 Å². The number of fused-ring (bicyclic) bond motifs is 2. The van der Waals surface area contributed by atoms with Crippen molar-refractivity contribution in [2.75, 3.05) is 0 Å². The van der Waals surface area contributed by atoms with Gasteiger partial charge in [-0.1, -0.05) is 0 Å². The molecule has 0 spiro atoms. The van der Waals surface area contributed by atoms with Crippen molar-refractivity contribution >= 4 is 0 Å². The van der Waals surface area contributed by atoms with Crippen molar-refractivity contribution in [3.63, 3.8) is 0 Å². The van der Waals surface area contributed by atoms with Crippen molar-refractivity contribution < 1.29 is 0 Å². The number of piperidine rings is 1. The zero-order chi connectivity index (χ0) is 11.8. The highest BCUT2D eigenvalue weighted by molar-refractivity contribution is 5.04. The van der Waals surface area contributed by atoms with Crippen LogP contribution in [0.2, 0.25) is 0 Å². The molecule has 2 unspecified atom stereocenters. The molecule has 2 saturated heterocycles. The lowest BCUT2D eigenvalue weighted by molar-refractivity contribution is 0.118. The third-order valence-electron chi connectivity index (χ3n) is 4.10. The molecule has 2 bridgehead atoms. The van der Waals surface area contributed by atoms with Crippen LogP contribution in [0.15, 0.2) is 12.4 Å². The quantitative estimate of drug-likeness (QED) is 0.833.